The van der Waals surface area contributed by atoms with E-state index < -0.39 is 17.7 Å². The largest absolute Gasteiger partial charge is 0.486 e. The van der Waals surface area contributed by atoms with E-state index in [0.717, 1.165) is 30.4 Å². The molecule has 0 saturated heterocycles. The van der Waals surface area contributed by atoms with Crippen LogP contribution in [-0.2, 0) is 16.1 Å². The fourth-order valence-corrected chi connectivity index (χ4v) is 3.08. The van der Waals surface area contributed by atoms with E-state index in [1.807, 2.05) is 12.1 Å². The van der Waals surface area contributed by atoms with Crippen LogP contribution in [0.4, 0.5) is 0 Å². The minimum Gasteiger partial charge on any atom is -0.486 e. The van der Waals surface area contributed by atoms with E-state index in [2.05, 4.69) is 24.6 Å². The average Bonchev–Trinajstić information content (AvgIpc) is 2.72. The molecule has 1 aromatic carbocycles. The van der Waals surface area contributed by atoms with Crippen molar-refractivity contribution in [1.82, 2.24) is 0 Å². The first-order chi connectivity index (χ1) is 13.3. The first-order valence-corrected chi connectivity index (χ1v) is 9.64. The molecule has 1 aromatic rings. The number of carboxylic acids is 1. The lowest BCUT2D eigenvalue weighted by molar-refractivity contribution is -0.179. The molecule has 0 aliphatic carbocycles. The van der Waals surface area contributed by atoms with E-state index in [4.69, 9.17) is 21.2 Å². The Morgan fingerprint density at radius 3 is 2.71 bits per heavy atom. The van der Waals surface area contributed by atoms with E-state index in [-0.39, 0.29) is 6.04 Å². The Balaban J connectivity index is 0.00000190. The molecule has 0 fully saturated rings. The second-order valence-corrected chi connectivity index (χ2v) is 7.00. The van der Waals surface area contributed by atoms with Gasteiger partial charge in [0.05, 0.1) is 0 Å². The smallest absolute Gasteiger partial charge is 0.341 e. The number of carboxylic acid groups (broad SMARTS) is 1. The number of hydrogen-bond donors (Lipinski definition) is 4. The number of unbranched alkanes of at least 4 members (excludes halogenated alkanes) is 1. The van der Waals surface area contributed by atoms with Gasteiger partial charge in [-0.2, -0.15) is 0 Å². The number of nitrogens with two attached hydrogens (primary N) is 3. The molecule has 1 heterocycles. The number of rotatable bonds is 8. The Bertz CT molecular complexity index is 680. The quantitative estimate of drug-likeness (QED) is 0.299. The monoisotopic (exact) mass is 394 g/mol. The standard InChI is InChI=1S/C19H29N3O4.CH5N/c1-4-5-6-12(2)22-17(20)14-7-9-15-13(11-14)8-10-16(25-15)19(3,26-21)18(23)24;1-2/h7,9,11-12,16H,4-6,8,10,21H2,1-3H3,(H2,20,22)(H,23,24);2H2,1H3. The van der Waals surface area contributed by atoms with E-state index in [1.165, 1.54) is 14.0 Å². The van der Waals surface area contributed by atoms with Crippen molar-refractivity contribution < 1.29 is 19.5 Å². The average molecular weight is 395 g/mol. The van der Waals surface area contributed by atoms with Crippen molar-refractivity contribution in [2.24, 2.45) is 22.4 Å². The number of aliphatic carboxylic acids is 1. The molecule has 3 atom stereocenters. The van der Waals surface area contributed by atoms with E-state index in [0.29, 0.717) is 24.4 Å². The third kappa shape index (κ3) is 5.67. The number of aliphatic imine (C=N–C) groups is 1. The number of benzene rings is 1. The zero-order chi connectivity index (χ0) is 21.3. The second kappa shape index (κ2) is 11.0. The minimum atomic E-state index is -1.59. The molecule has 8 nitrogen and oxygen atoms in total. The van der Waals surface area contributed by atoms with Gasteiger partial charge in [-0.25, -0.2) is 10.7 Å². The molecule has 7 N–H and O–H groups in total. The van der Waals surface area contributed by atoms with Crippen LogP contribution < -0.4 is 22.1 Å². The van der Waals surface area contributed by atoms with Crippen LogP contribution in [0.2, 0.25) is 0 Å². The lowest BCUT2D eigenvalue weighted by atomic mass is 9.90. The molecule has 1 aliphatic heterocycles. The highest BCUT2D eigenvalue weighted by atomic mass is 16.7. The lowest BCUT2D eigenvalue weighted by Gasteiger charge is -2.35. The topological polar surface area (TPSA) is 146 Å². The molecular weight excluding hydrogens is 360 g/mol. The van der Waals surface area contributed by atoms with Crippen molar-refractivity contribution in [3.63, 3.8) is 0 Å². The first kappa shape index (κ1) is 23.9. The Morgan fingerprint density at radius 1 is 1.46 bits per heavy atom. The summed E-state index contributed by atoms with van der Waals surface area (Å²) in [6, 6.07) is 5.78. The van der Waals surface area contributed by atoms with E-state index >= 15 is 0 Å². The van der Waals surface area contributed by atoms with Gasteiger partial charge in [-0.1, -0.05) is 19.8 Å². The van der Waals surface area contributed by atoms with Gasteiger partial charge in [-0.05, 0) is 63.9 Å². The summed E-state index contributed by atoms with van der Waals surface area (Å²) in [6.45, 7) is 5.64. The Hall–Kier alpha value is -2.16. The van der Waals surface area contributed by atoms with Crippen LogP contribution in [0.1, 0.15) is 57.6 Å². The Morgan fingerprint density at radius 2 is 2.14 bits per heavy atom. The highest BCUT2D eigenvalue weighted by Gasteiger charge is 2.46. The molecule has 0 saturated carbocycles. The van der Waals surface area contributed by atoms with Gasteiger partial charge in [0.2, 0.25) is 5.60 Å². The van der Waals surface area contributed by atoms with Crippen molar-refractivity contribution in [2.75, 3.05) is 7.05 Å². The molecule has 158 valence electrons. The fraction of sp³-hybridized carbons (Fsp3) is 0.600. The fourth-order valence-electron chi connectivity index (χ4n) is 3.08. The number of nitrogens with zero attached hydrogens (tertiary/aromatic N) is 1. The summed E-state index contributed by atoms with van der Waals surface area (Å²) < 4.78 is 5.85. The predicted molar refractivity (Wildman–Crippen MR) is 110 cm³/mol. The highest BCUT2D eigenvalue weighted by Crippen LogP contribution is 2.33. The number of ether oxygens (including phenoxy) is 1. The van der Waals surface area contributed by atoms with Crippen LogP contribution >= 0.6 is 0 Å². The lowest BCUT2D eigenvalue weighted by Crippen LogP contribution is -2.54. The van der Waals surface area contributed by atoms with Crippen LogP contribution in [0.25, 0.3) is 0 Å². The van der Waals surface area contributed by atoms with Gasteiger partial charge in [0, 0.05) is 11.6 Å². The molecule has 3 unspecified atom stereocenters. The Labute approximate surface area is 167 Å². The zero-order valence-electron chi connectivity index (χ0n) is 17.3. The number of fused-ring (bicyclic) bond motifs is 1. The molecular formula is C20H34N4O4. The second-order valence-electron chi connectivity index (χ2n) is 7.00. The zero-order valence-corrected chi connectivity index (χ0v) is 17.3. The number of aryl methyl sites for hydroxylation is 1. The van der Waals surface area contributed by atoms with Crippen LogP contribution in [-0.4, -0.2) is 41.7 Å². The number of carbonyl (C=O) groups is 1. The van der Waals surface area contributed by atoms with Gasteiger partial charge in [0.1, 0.15) is 17.7 Å². The van der Waals surface area contributed by atoms with Crippen molar-refractivity contribution in [2.45, 2.75) is 70.6 Å². The van der Waals surface area contributed by atoms with Crippen molar-refractivity contribution >= 4 is 11.8 Å². The van der Waals surface area contributed by atoms with E-state index in [9.17, 15) is 9.90 Å². The normalized spacial score (nSPS) is 19.4. The summed E-state index contributed by atoms with van der Waals surface area (Å²) in [7, 11) is 1.50. The van der Waals surface area contributed by atoms with Crippen LogP contribution in [0.5, 0.6) is 5.75 Å². The van der Waals surface area contributed by atoms with Gasteiger partial charge >= 0.3 is 5.97 Å². The predicted octanol–water partition coefficient (Wildman–Crippen LogP) is 1.97. The molecule has 2 rings (SSSR count). The maximum Gasteiger partial charge on any atom is 0.341 e. The van der Waals surface area contributed by atoms with Crippen molar-refractivity contribution in [3.8, 4) is 5.75 Å². The summed E-state index contributed by atoms with van der Waals surface area (Å²) in [5, 5.41) is 9.38. The van der Waals surface area contributed by atoms with Gasteiger partial charge in [-0.3, -0.25) is 9.83 Å². The summed E-state index contributed by atoms with van der Waals surface area (Å²) >= 11 is 0. The minimum absolute atomic E-state index is 0.185. The SMILES string of the molecule is CCCCC(C)N=C(N)c1ccc2c(c1)CCC(C(C)(ON)C(=O)O)O2.CN. The highest BCUT2D eigenvalue weighted by molar-refractivity contribution is 5.98. The molecule has 8 heteroatoms. The maximum atomic E-state index is 11.5. The molecule has 0 amide bonds. The molecule has 0 aromatic heterocycles. The maximum absolute atomic E-state index is 11.5. The van der Waals surface area contributed by atoms with E-state index in [1.54, 1.807) is 6.07 Å². The summed E-state index contributed by atoms with van der Waals surface area (Å²) in [5.41, 5.74) is 10.9. The van der Waals surface area contributed by atoms with Crippen LogP contribution in [0, 0.1) is 0 Å². The first-order valence-electron chi connectivity index (χ1n) is 9.64. The molecule has 0 radical (unpaired) electrons. The number of hydrogen-bond acceptors (Lipinski definition) is 6. The third-order valence-electron chi connectivity index (χ3n) is 4.92. The van der Waals surface area contributed by atoms with Gasteiger partial charge in [0.15, 0.2) is 0 Å². The van der Waals surface area contributed by atoms with Gasteiger partial charge < -0.3 is 21.3 Å². The summed E-state index contributed by atoms with van der Waals surface area (Å²) in [5.74, 6) is 5.20. The Kier molecular flexibility index (Phi) is 9.37. The third-order valence-corrected chi connectivity index (χ3v) is 4.92. The van der Waals surface area contributed by atoms with Gasteiger partial charge in [-0.15, -0.1) is 0 Å². The molecule has 0 spiro atoms. The van der Waals surface area contributed by atoms with Crippen molar-refractivity contribution in [1.29, 1.82) is 0 Å². The summed E-state index contributed by atoms with van der Waals surface area (Å²) in [6.07, 6.45) is 3.75. The number of amidine groups is 1. The van der Waals surface area contributed by atoms with Crippen LogP contribution in [0.15, 0.2) is 23.2 Å². The van der Waals surface area contributed by atoms with Crippen molar-refractivity contribution in [3.05, 3.63) is 29.3 Å². The summed E-state index contributed by atoms with van der Waals surface area (Å²) in [4.78, 5) is 20.8. The van der Waals surface area contributed by atoms with Gasteiger partial charge in [0.25, 0.3) is 0 Å². The van der Waals surface area contributed by atoms with Crippen LogP contribution in [0.3, 0.4) is 0 Å². The molecule has 0 bridgehead atoms. The molecule has 1 aliphatic rings. The molecule has 28 heavy (non-hydrogen) atoms.